The van der Waals surface area contributed by atoms with Crippen molar-refractivity contribution in [1.82, 2.24) is 0 Å². The normalized spacial score (nSPS) is 12.2. The van der Waals surface area contributed by atoms with Crippen molar-refractivity contribution in [2.45, 2.75) is 25.9 Å². The Morgan fingerprint density at radius 1 is 1.61 bits per heavy atom. The maximum absolute atomic E-state index is 13.2. The van der Waals surface area contributed by atoms with Crippen LogP contribution in [-0.4, -0.2) is 22.7 Å². The first kappa shape index (κ1) is 14.7. The lowest BCUT2D eigenvalue weighted by Crippen LogP contribution is -2.08. The summed E-state index contributed by atoms with van der Waals surface area (Å²) in [6, 6.07) is 1.98. The summed E-state index contributed by atoms with van der Waals surface area (Å²) in [6.45, 7) is 2.07. The van der Waals surface area contributed by atoms with Crippen molar-refractivity contribution in [2.24, 2.45) is 0 Å². The van der Waals surface area contributed by atoms with Gasteiger partial charge in [0.05, 0.1) is 16.0 Å². The van der Waals surface area contributed by atoms with Crippen molar-refractivity contribution in [3.63, 3.8) is 0 Å². The molecule has 0 aliphatic rings. The van der Waals surface area contributed by atoms with Crippen LogP contribution in [0.25, 0.3) is 0 Å². The monoisotopic (exact) mass is 276 g/mol. The fourth-order valence-electron chi connectivity index (χ4n) is 1.45. The molecule has 0 amide bonds. The zero-order valence-electron chi connectivity index (χ0n) is 9.82. The Hall–Kier alpha value is -1.40. The summed E-state index contributed by atoms with van der Waals surface area (Å²) in [5.74, 6) is -0.708. The first-order chi connectivity index (χ1) is 8.41. The van der Waals surface area contributed by atoms with E-state index in [0.717, 1.165) is 12.1 Å². The number of nitro benzene ring substituents is 1. The molecule has 0 spiro atoms. The number of hydrogen-bond acceptors (Lipinski definition) is 4. The number of rotatable bonds is 6. The van der Waals surface area contributed by atoms with Gasteiger partial charge in [-0.1, -0.05) is 11.6 Å². The first-order valence-electron chi connectivity index (χ1n) is 5.47. The highest BCUT2D eigenvalue weighted by Crippen LogP contribution is 2.30. The second-order valence-corrected chi connectivity index (χ2v) is 4.37. The number of aliphatic hydroxyl groups excluding tert-OH is 1. The molecule has 0 radical (unpaired) electrons. The number of aliphatic hydroxyl groups is 1. The van der Waals surface area contributed by atoms with Crippen molar-refractivity contribution < 1.29 is 14.4 Å². The molecule has 18 heavy (non-hydrogen) atoms. The topological polar surface area (TPSA) is 75.4 Å². The third kappa shape index (κ3) is 4.12. The molecule has 0 bridgehead atoms. The molecular formula is C11H14ClFN2O3. The molecule has 1 rings (SSSR count). The zero-order valence-corrected chi connectivity index (χ0v) is 10.6. The van der Waals surface area contributed by atoms with E-state index in [2.05, 4.69) is 5.32 Å². The van der Waals surface area contributed by atoms with Gasteiger partial charge in [0, 0.05) is 18.7 Å². The maximum Gasteiger partial charge on any atom is 0.294 e. The summed E-state index contributed by atoms with van der Waals surface area (Å²) in [7, 11) is 0. The number of benzene rings is 1. The van der Waals surface area contributed by atoms with Crippen molar-refractivity contribution in [2.75, 3.05) is 11.9 Å². The number of nitrogens with zero attached hydrogens (tertiary/aromatic N) is 1. The van der Waals surface area contributed by atoms with Gasteiger partial charge < -0.3 is 10.4 Å². The second kappa shape index (κ2) is 6.51. The van der Waals surface area contributed by atoms with Gasteiger partial charge in [-0.2, -0.15) is 0 Å². The molecule has 100 valence electrons. The quantitative estimate of drug-likeness (QED) is 0.476. The molecule has 0 heterocycles. The number of halogens is 2. The van der Waals surface area contributed by atoms with E-state index >= 15 is 0 Å². The SMILES string of the molecule is CC(O)CCCNc1cc(F)c(Cl)cc1[N+](=O)[O-]. The number of nitrogens with one attached hydrogen (secondary N) is 1. The predicted molar refractivity (Wildman–Crippen MR) is 67.5 cm³/mol. The highest BCUT2D eigenvalue weighted by atomic mass is 35.5. The zero-order chi connectivity index (χ0) is 13.7. The first-order valence-corrected chi connectivity index (χ1v) is 5.85. The molecular weight excluding hydrogens is 263 g/mol. The highest BCUT2D eigenvalue weighted by Gasteiger charge is 2.17. The van der Waals surface area contributed by atoms with Gasteiger partial charge in [-0.25, -0.2) is 4.39 Å². The lowest BCUT2D eigenvalue weighted by atomic mass is 10.2. The van der Waals surface area contributed by atoms with Crippen LogP contribution >= 0.6 is 11.6 Å². The van der Waals surface area contributed by atoms with Crippen LogP contribution < -0.4 is 5.32 Å². The largest absolute Gasteiger partial charge is 0.393 e. The van der Waals surface area contributed by atoms with Crippen molar-refractivity contribution >= 4 is 23.0 Å². The van der Waals surface area contributed by atoms with Gasteiger partial charge in [0.25, 0.3) is 5.69 Å². The minimum absolute atomic E-state index is 0.0903. The molecule has 7 heteroatoms. The van der Waals surface area contributed by atoms with Crippen LogP contribution in [0.5, 0.6) is 0 Å². The Balaban J connectivity index is 2.74. The Kier molecular flexibility index (Phi) is 5.30. The van der Waals surface area contributed by atoms with Crippen LogP contribution in [0, 0.1) is 15.9 Å². The lowest BCUT2D eigenvalue weighted by Gasteiger charge is -2.08. The van der Waals surface area contributed by atoms with Gasteiger partial charge >= 0.3 is 0 Å². The Labute approximate surface area is 109 Å². The van der Waals surface area contributed by atoms with E-state index in [4.69, 9.17) is 16.7 Å². The van der Waals surface area contributed by atoms with E-state index in [1.807, 2.05) is 0 Å². The van der Waals surface area contributed by atoms with E-state index in [0.29, 0.717) is 19.4 Å². The summed E-state index contributed by atoms with van der Waals surface area (Å²) in [4.78, 5) is 10.1. The number of anilines is 1. The van der Waals surface area contributed by atoms with E-state index < -0.39 is 16.8 Å². The fraction of sp³-hybridized carbons (Fsp3) is 0.455. The molecule has 1 aromatic rings. The van der Waals surface area contributed by atoms with Crippen molar-refractivity contribution in [3.8, 4) is 0 Å². The molecule has 0 aliphatic carbocycles. The number of hydrogen-bond donors (Lipinski definition) is 2. The summed E-state index contributed by atoms with van der Waals surface area (Å²) in [5, 5.41) is 22.3. The van der Waals surface area contributed by atoms with Crippen LogP contribution in [0.3, 0.4) is 0 Å². The summed E-state index contributed by atoms with van der Waals surface area (Å²) in [6.07, 6.45) is 0.763. The smallest absolute Gasteiger partial charge is 0.294 e. The summed E-state index contributed by atoms with van der Waals surface area (Å²) < 4.78 is 13.2. The highest BCUT2D eigenvalue weighted by molar-refractivity contribution is 6.31. The molecule has 5 nitrogen and oxygen atoms in total. The molecule has 1 atom stereocenters. The van der Waals surface area contributed by atoms with Gasteiger partial charge in [-0.15, -0.1) is 0 Å². The van der Waals surface area contributed by atoms with Gasteiger partial charge in [0.15, 0.2) is 0 Å². The Morgan fingerprint density at radius 3 is 2.83 bits per heavy atom. The minimum atomic E-state index is -0.708. The van der Waals surface area contributed by atoms with Crippen LogP contribution in [0.15, 0.2) is 12.1 Å². The van der Waals surface area contributed by atoms with Crippen LogP contribution in [0.1, 0.15) is 19.8 Å². The van der Waals surface area contributed by atoms with Crippen molar-refractivity contribution in [3.05, 3.63) is 33.1 Å². The lowest BCUT2D eigenvalue weighted by molar-refractivity contribution is -0.384. The molecule has 2 N–H and O–H groups in total. The Bertz CT molecular complexity index is 441. The van der Waals surface area contributed by atoms with E-state index in [1.165, 1.54) is 0 Å². The van der Waals surface area contributed by atoms with Gasteiger partial charge in [-0.3, -0.25) is 10.1 Å². The third-order valence-corrected chi connectivity index (χ3v) is 2.64. The van der Waals surface area contributed by atoms with Crippen molar-refractivity contribution in [1.29, 1.82) is 0 Å². The molecule has 0 saturated carbocycles. The minimum Gasteiger partial charge on any atom is -0.393 e. The standard InChI is InChI=1S/C11H14ClFN2O3/c1-7(16)3-2-4-14-10-6-9(13)8(12)5-11(10)15(17)18/h5-7,14,16H,2-4H2,1H3. The van der Waals surface area contributed by atoms with Gasteiger partial charge in [0.1, 0.15) is 11.5 Å². The molecule has 0 fully saturated rings. The fourth-order valence-corrected chi connectivity index (χ4v) is 1.61. The van der Waals surface area contributed by atoms with Gasteiger partial charge in [-0.05, 0) is 19.8 Å². The summed E-state index contributed by atoms with van der Waals surface area (Å²) in [5.41, 5.74) is -0.175. The Morgan fingerprint density at radius 2 is 2.28 bits per heavy atom. The molecule has 1 aromatic carbocycles. The van der Waals surface area contributed by atoms with E-state index in [-0.39, 0.29) is 16.4 Å². The number of nitro groups is 1. The molecule has 1 unspecified atom stereocenters. The van der Waals surface area contributed by atoms with Crippen LogP contribution in [-0.2, 0) is 0 Å². The average Bonchev–Trinajstić information content (AvgIpc) is 2.28. The maximum atomic E-state index is 13.2. The predicted octanol–water partition coefficient (Wildman–Crippen LogP) is 2.96. The average molecular weight is 277 g/mol. The van der Waals surface area contributed by atoms with E-state index in [9.17, 15) is 14.5 Å². The third-order valence-electron chi connectivity index (χ3n) is 2.35. The molecule has 0 aliphatic heterocycles. The van der Waals surface area contributed by atoms with Crippen LogP contribution in [0.4, 0.5) is 15.8 Å². The van der Waals surface area contributed by atoms with Gasteiger partial charge in [0.2, 0.25) is 0 Å². The van der Waals surface area contributed by atoms with Crippen LogP contribution in [0.2, 0.25) is 5.02 Å². The molecule has 0 aromatic heterocycles. The van der Waals surface area contributed by atoms with E-state index in [1.54, 1.807) is 6.92 Å². The second-order valence-electron chi connectivity index (χ2n) is 3.96. The summed E-state index contributed by atoms with van der Waals surface area (Å²) >= 11 is 5.49. The molecule has 0 saturated heterocycles.